The van der Waals surface area contributed by atoms with Crippen LogP contribution in [0.4, 0.5) is 0 Å². The average Bonchev–Trinajstić information content (AvgIpc) is 2.26. The summed E-state index contributed by atoms with van der Waals surface area (Å²) < 4.78 is 0. The molecule has 1 rings (SSSR count). The van der Waals surface area contributed by atoms with Crippen LogP contribution in [-0.4, -0.2) is 5.11 Å². The summed E-state index contributed by atoms with van der Waals surface area (Å²) in [4.78, 5) is 0. The van der Waals surface area contributed by atoms with E-state index in [4.69, 9.17) is 5.73 Å². The van der Waals surface area contributed by atoms with Crippen LogP contribution in [0.2, 0.25) is 0 Å². The highest BCUT2D eigenvalue weighted by atomic mass is 16.3. The largest absolute Gasteiger partial charge is 0.507 e. The monoisotopic (exact) mass is 217 g/mol. The zero-order valence-corrected chi connectivity index (χ0v) is 10.3. The minimum absolute atomic E-state index is 0.307. The lowest BCUT2D eigenvalue weighted by molar-refractivity contribution is 0.473. The van der Waals surface area contributed by atoms with Gasteiger partial charge in [0, 0.05) is 11.3 Å². The van der Waals surface area contributed by atoms with Crippen molar-refractivity contribution in [3.63, 3.8) is 0 Å². The van der Waals surface area contributed by atoms with Crippen LogP contribution in [-0.2, 0) is 0 Å². The molecule has 0 heterocycles. The van der Waals surface area contributed by atoms with Crippen molar-refractivity contribution in [1.29, 1.82) is 0 Å². The van der Waals surface area contributed by atoms with Crippen LogP contribution in [0.5, 0.6) is 5.75 Å². The number of aromatic hydroxyl groups is 1. The van der Waals surface area contributed by atoms with Gasteiger partial charge in [-0.15, -0.1) is 0 Å². The fraction of sp³-hybridized carbons (Fsp3) is 0.286. The fourth-order valence-corrected chi connectivity index (χ4v) is 1.57. The van der Waals surface area contributed by atoms with E-state index in [9.17, 15) is 5.11 Å². The van der Waals surface area contributed by atoms with Crippen molar-refractivity contribution in [3.8, 4) is 5.75 Å². The van der Waals surface area contributed by atoms with Crippen molar-refractivity contribution in [2.45, 2.75) is 27.7 Å². The summed E-state index contributed by atoms with van der Waals surface area (Å²) >= 11 is 0. The fourth-order valence-electron chi connectivity index (χ4n) is 1.57. The Balaban J connectivity index is 3.30. The molecule has 0 aliphatic carbocycles. The molecule has 0 saturated carbocycles. The van der Waals surface area contributed by atoms with E-state index in [2.05, 4.69) is 0 Å². The maximum atomic E-state index is 9.77. The van der Waals surface area contributed by atoms with Gasteiger partial charge in [0.2, 0.25) is 0 Å². The lowest BCUT2D eigenvalue weighted by atomic mass is 9.96. The Bertz CT molecular complexity index is 452. The van der Waals surface area contributed by atoms with Crippen LogP contribution >= 0.6 is 0 Å². The van der Waals surface area contributed by atoms with E-state index in [0.29, 0.717) is 5.75 Å². The number of allylic oxidation sites excluding steroid dienone is 4. The highest BCUT2D eigenvalue weighted by Crippen LogP contribution is 2.29. The number of benzene rings is 1. The van der Waals surface area contributed by atoms with E-state index in [1.165, 1.54) is 0 Å². The van der Waals surface area contributed by atoms with Crippen LogP contribution in [0.1, 0.15) is 33.3 Å². The molecule has 2 heteroatoms. The first kappa shape index (κ1) is 12.4. The van der Waals surface area contributed by atoms with Crippen LogP contribution in [0.25, 0.3) is 5.57 Å². The van der Waals surface area contributed by atoms with Gasteiger partial charge in [0.1, 0.15) is 5.75 Å². The number of phenols is 1. The quantitative estimate of drug-likeness (QED) is 0.745. The molecule has 16 heavy (non-hydrogen) atoms. The van der Waals surface area contributed by atoms with Gasteiger partial charge in [-0.3, -0.25) is 0 Å². The van der Waals surface area contributed by atoms with E-state index < -0.39 is 0 Å². The molecule has 0 unspecified atom stereocenters. The van der Waals surface area contributed by atoms with E-state index in [1.807, 2.05) is 45.9 Å². The first-order chi connectivity index (χ1) is 7.45. The Morgan fingerprint density at radius 1 is 1.00 bits per heavy atom. The van der Waals surface area contributed by atoms with Gasteiger partial charge >= 0.3 is 0 Å². The maximum absolute atomic E-state index is 9.77. The molecule has 0 radical (unpaired) electrons. The van der Waals surface area contributed by atoms with Gasteiger partial charge in [-0.05, 0) is 50.5 Å². The molecule has 0 aromatic heterocycles. The van der Waals surface area contributed by atoms with Gasteiger partial charge in [-0.25, -0.2) is 0 Å². The Kier molecular flexibility index (Phi) is 3.78. The van der Waals surface area contributed by atoms with Crippen LogP contribution in [0.15, 0.2) is 41.1 Å². The number of para-hydroxylation sites is 1. The van der Waals surface area contributed by atoms with Crippen LogP contribution in [0, 0.1) is 0 Å². The molecule has 0 aliphatic rings. The van der Waals surface area contributed by atoms with Crippen molar-refractivity contribution in [2.24, 2.45) is 5.73 Å². The summed E-state index contributed by atoms with van der Waals surface area (Å²) in [5.41, 5.74) is 10.7. The normalized spacial score (nSPS) is 14.2. The number of hydrogen-bond donors (Lipinski definition) is 2. The summed E-state index contributed by atoms with van der Waals surface area (Å²) in [5, 5.41) is 9.77. The second-order valence-electron chi connectivity index (χ2n) is 4.08. The van der Waals surface area contributed by atoms with Gasteiger partial charge in [0.05, 0.1) is 0 Å². The highest BCUT2D eigenvalue weighted by Gasteiger charge is 2.07. The van der Waals surface area contributed by atoms with Crippen molar-refractivity contribution < 1.29 is 5.11 Å². The molecule has 86 valence electrons. The molecule has 0 atom stereocenters. The Morgan fingerprint density at radius 3 is 2.06 bits per heavy atom. The molecular formula is C14H19NO. The molecule has 2 nitrogen and oxygen atoms in total. The van der Waals surface area contributed by atoms with E-state index >= 15 is 0 Å². The lowest BCUT2D eigenvalue weighted by Gasteiger charge is -2.11. The minimum atomic E-state index is 0.307. The third-order valence-electron chi connectivity index (χ3n) is 3.02. The van der Waals surface area contributed by atoms with Gasteiger partial charge in [-0.2, -0.15) is 0 Å². The third-order valence-corrected chi connectivity index (χ3v) is 3.02. The molecular weight excluding hydrogens is 198 g/mol. The number of hydrogen-bond acceptors (Lipinski definition) is 2. The topological polar surface area (TPSA) is 46.2 Å². The summed E-state index contributed by atoms with van der Waals surface area (Å²) in [5.74, 6) is 0.307. The van der Waals surface area contributed by atoms with Gasteiger partial charge in [0.15, 0.2) is 0 Å². The summed E-state index contributed by atoms with van der Waals surface area (Å²) in [6, 6.07) is 7.34. The van der Waals surface area contributed by atoms with E-state index in [1.54, 1.807) is 6.07 Å². The number of rotatable bonds is 2. The van der Waals surface area contributed by atoms with Gasteiger partial charge < -0.3 is 10.8 Å². The lowest BCUT2D eigenvalue weighted by Crippen LogP contribution is -1.98. The number of phenolic OH excluding ortho intramolecular Hbond substituents is 1. The molecule has 0 fully saturated rings. The molecule has 1 aromatic carbocycles. The maximum Gasteiger partial charge on any atom is 0.123 e. The molecule has 3 N–H and O–H groups in total. The highest BCUT2D eigenvalue weighted by molar-refractivity contribution is 5.74. The standard InChI is InChI=1S/C14H19NO/c1-9(10(2)12(4)15)11(3)13-7-5-6-8-14(13)16/h5-8,16H,15H2,1-4H3/b11-9+,12-10-. The van der Waals surface area contributed by atoms with Crippen molar-refractivity contribution in [2.75, 3.05) is 0 Å². The zero-order valence-electron chi connectivity index (χ0n) is 10.3. The summed E-state index contributed by atoms with van der Waals surface area (Å²) in [7, 11) is 0. The molecule has 0 aliphatic heterocycles. The Hall–Kier alpha value is -1.70. The first-order valence-electron chi connectivity index (χ1n) is 5.34. The van der Waals surface area contributed by atoms with Crippen molar-refractivity contribution >= 4 is 5.57 Å². The SMILES string of the molecule is C/C(N)=C(C)/C(C)=C(\C)c1ccccc1O. The van der Waals surface area contributed by atoms with Crippen LogP contribution < -0.4 is 5.73 Å². The molecule has 0 bridgehead atoms. The van der Waals surface area contributed by atoms with Crippen LogP contribution in [0.3, 0.4) is 0 Å². The Morgan fingerprint density at radius 2 is 1.56 bits per heavy atom. The predicted octanol–water partition coefficient (Wildman–Crippen LogP) is 3.44. The third kappa shape index (κ3) is 2.45. The Labute approximate surface area is 97.1 Å². The van der Waals surface area contributed by atoms with E-state index in [0.717, 1.165) is 28.0 Å². The summed E-state index contributed by atoms with van der Waals surface area (Å²) in [6.07, 6.45) is 0. The predicted molar refractivity (Wildman–Crippen MR) is 68.9 cm³/mol. The van der Waals surface area contributed by atoms with Gasteiger partial charge in [0.25, 0.3) is 0 Å². The summed E-state index contributed by atoms with van der Waals surface area (Å²) in [6.45, 7) is 7.90. The second-order valence-corrected chi connectivity index (χ2v) is 4.08. The number of nitrogens with two attached hydrogens (primary N) is 1. The molecule has 0 saturated heterocycles. The molecule has 0 amide bonds. The zero-order chi connectivity index (χ0) is 12.3. The molecule has 1 aromatic rings. The van der Waals surface area contributed by atoms with Gasteiger partial charge in [-0.1, -0.05) is 18.2 Å². The average molecular weight is 217 g/mol. The van der Waals surface area contributed by atoms with Crippen molar-refractivity contribution in [3.05, 3.63) is 46.7 Å². The molecule has 0 spiro atoms. The first-order valence-corrected chi connectivity index (χ1v) is 5.34. The van der Waals surface area contributed by atoms with E-state index in [-0.39, 0.29) is 0 Å². The second kappa shape index (κ2) is 4.88. The smallest absolute Gasteiger partial charge is 0.123 e. The minimum Gasteiger partial charge on any atom is -0.507 e. The van der Waals surface area contributed by atoms with Crippen molar-refractivity contribution in [1.82, 2.24) is 0 Å².